The Hall–Kier alpha value is -3.99. The lowest BCUT2D eigenvalue weighted by Crippen LogP contribution is -2.36. The summed E-state index contributed by atoms with van der Waals surface area (Å²) in [5.41, 5.74) is 3.93. The van der Waals surface area contributed by atoms with Crippen LogP contribution in [-0.4, -0.2) is 50.1 Å². The van der Waals surface area contributed by atoms with Crippen LogP contribution in [0.5, 0.6) is 0 Å². The minimum atomic E-state index is -4.41. The van der Waals surface area contributed by atoms with Crippen LogP contribution in [0, 0.1) is 0 Å². The minimum absolute atomic E-state index is 0.282. The van der Waals surface area contributed by atoms with Crippen molar-refractivity contribution in [1.29, 1.82) is 0 Å². The Balaban J connectivity index is 0.000000431. The second-order valence-corrected chi connectivity index (χ2v) is 8.91. The summed E-state index contributed by atoms with van der Waals surface area (Å²) in [6.45, 7) is 0. The van der Waals surface area contributed by atoms with Crippen LogP contribution in [0.3, 0.4) is 0 Å². The Morgan fingerprint density at radius 1 is 0.943 bits per heavy atom. The summed E-state index contributed by atoms with van der Waals surface area (Å²) >= 11 is 0. The maximum atomic E-state index is 12.5. The first-order chi connectivity index (χ1) is 16.6. The predicted octanol–water partition coefficient (Wildman–Crippen LogP) is 2.89. The molecule has 0 bridgehead atoms. The summed E-state index contributed by atoms with van der Waals surface area (Å²) < 4.78 is 33.1. The van der Waals surface area contributed by atoms with Gasteiger partial charge >= 0.3 is 0 Å². The number of pyridine rings is 1. The van der Waals surface area contributed by atoms with Gasteiger partial charge in [0.1, 0.15) is 7.05 Å². The van der Waals surface area contributed by atoms with E-state index in [1.165, 1.54) is 7.05 Å². The van der Waals surface area contributed by atoms with Crippen molar-refractivity contribution < 1.29 is 31.3 Å². The fourth-order valence-electron chi connectivity index (χ4n) is 3.95. The van der Waals surface area contributed by atoms with E-state index < -0.39 is 10.4 Å². The molecule has 10 heteroatoms. The van der Waals surface area contributed by atoms with Crippen molar-refractivity contribution in [3.63, 3.8) is 0 Å². The molecule has 0 N–H and O–H groups in total. The number of benzene rings is 3. The van der Waals surface area contributed by atoms with Crippen LogP contribution >= 0.6 is 0 Å². The van der Waals surface area contributed by atoms with Crippen molar-refractivity contribution in [2.45, 2.75) is 0 Å². The third kappa shape index (κ3) is 4.67. The zero-order chi connectivity index (χ0) is 25.3. The fraction of sp³-hybridized carbons (Fsp3) is 0.120. The number of nitrogens with zero attached hydrogens (tertiary/aromatic N) is 3. The second kappa shape index (κ2) is 9.34. The standard InChI is InChI=1S/C24H18N3O2.CH4O4S/c1-26-13-12-15(16-6-3-4-9-21(16)26)14-25-20-11-10-19-22-17(20)7-5-8-18(22)23(28)27(2)24(19)29;1-5-6(2,3)4/h3-14H,1-2H3;1H3,(H,2,3,4)/q+1;/p-1/b25-14+;. The molecular weight excluding hydrogens is 470 g/mol. The Morgan fingerprint density at radius 2 is 1.57 bits per heavy atom. The summed E-state index contributed by atoms with van der Waals surface area (Å²) in [4.78, 5) is 31.0. The van der Waals surface area contributed by atoms with E-state index in [-0.39, 0.29) is 11.8 Å². The van der Waals surface area contributed by atoms with Gasteiger partial charge in [0, 0.05) is 52.9 Å². The molecule has 1 aliphatic rings. The van der Waals surface area contributed by atoms with E-state index >= 15 is 0 Å². The fourth-order valence-corrected chi connectivity index (χ4v) is 3.95. The number of aryl methyl sites for hydroxylation is 1. The van der Waals surface area contributed by atoms with E-state index in [2.05, 4.69) is 20.9 Å². The molecule has 0 fully saturated rings. The van der Waals surface area contributed by atoms with Gasteiger partial charge in [0.15, 0.2) is 6.20 Å². The van der Waals surface area contributed by atoms with Crippen LogP contribution in [0.15, 0.2) is 71.9 Å². The number of imide groups is 1. The number of carbonyl (C=O) groups is 2. The summed E-state index contributed by atoms with van der Waals surface area (Å²) in [7, 11) is -0.0768. The maximum absolute atomic E-state index is 12.5. The summed E-state index contributed by atoms with van der Waals surface area (Å²) in [6, 6.07) is 19.3. The number of amides is 2. The van der Waals surface area contributed by atoms with E-state index in [0.29, 0.717) is 16.5 Å². The van der Waals surface area contributed by atoms with Crippen molar-refractivity contribution >= 4 is 55.8 Å². The summed E-state index contributed by atoms with van der Waals surface area (Å²) in [5, 5.41) is 2.59. The molecule has 0 atom stereocenters. The molecule has 2 amide bonds. The Morgan fingerprint density at radius 3 is 2.26 bits per heavy atom. The molecule has 178 valence electrons. The van der Waals surface area contributed by atoms with E-state index in [9.17, 15) is 22.6 Å². The smallest absolute Gasteiger partial charge is 0.261 e. The van der Waals surface area contributed by atoms with E-state index in [4.69, 9.17) is 4.99 Å². The molecular formula is C25H21N3O6S. The van der Waals surface area contributed by atoms with E-state index in [0.717, 1.165) is 39.5 Å². The van der Waals surface area contributed by atoms with Crippen molar-refractivity contribution in [3.8, 4) is 0 Å². The number of aliphatic imine (C=N–C) groups is 1. The van der Waals surface area contributed by atoms with Gasteiger partial charge in [-0.3, -0.25) is 23.7 Å². The zero-order valence-electron chi connectivity index (χ0n) is 19.1. The van der Waals surface area contributed by atoms with Crippen molar-refractivity contribution in [2.75, 3.05) is 14.2 Å². The van der Waals surface area contributed by atoms with Crippen LogP contribution < -0.4 is 4.57 Å². The van der Waals surface area contributed by atoms with Gasteiger partial charge in [-0.25, -0.2) is 13.0 Å². The summed E-state index contributed by atoms with van der Waals surface area (Å²) in [6.07, 6.45) is 3.85. The first kappa shape index (κ1) is 24.1. The average Bonchev–Trinajstić information content (AvgIpc) is 2.86. The number of rotatable bonds is 3. The molecule has 0 saturated heterocycles. The first-order valence-corrected chi connectivity index (χ1v) is 11.8. The topological polar surface area (TPSA) is 120 Å². The molecule has 1 aliphatic heterocycles. The Labute approximate surface area is 201 Å². The van der Waals surface area contributed by atoms with Crippen LogP contribution in [0.25, 0.3) is 21.7 Å². The number of hydrogen-bond acceptors (Lipinski definition) is 7. The summed E-state index contributed by atoms with van der Waals surface area (Å²) in [5.74, 6) is -0.563. The molecule has 1 aromatic heterocycles. The molecule has 0 saturated carbocycles. The first-order valence-electron chi connectivity index (χ1n) is 10.4. The third-order valence-corrected chi connectivity index (χ3v) is 6.12. The highest BCUT2D eigenvalue weighted by Crippen LogP contribution is 2.35. The van der Waals surface area contributed by atoms with E-state index in [1.54, 1.807) is 12.1 Å². The van der Waals surface area contributed by atoms with Crippen molar-refractivity contribution in [1.82, 2.24) is 4.90 Å². The molecule has 0 aliphatic carbocycles. The molecule has 3 aromatic carbocycles. The SMILES string of the molecule is CN1C(=O)c2cccc3c(/N=C/c4cc[n+](C)c5ccccc45)ccc(c23)C1=O.COS(=O)(=O)[O-]. The molecule has 9 nitrogen and oxygen atoms in total. The predicted molar refractivity (Wildman–Crippen MR) is 129 cm³/mol. The molecule has 0 unspecified atom stereocenters. The van der Waals surface area contributed by atoms with E-state index in [1.807, 2.05) is 55.9 Å². The van der Waals surface area contributed by atoms with Gasteiger partial charge in [-0.05, 0) is 24.3 Å². The van der Waals surface area contributed by atoms with Crippen LogP contribution in [0.2, 0.25) is 0 Å². The quantitative estimate of drug-likeness (QED) is 0.143. The van der Waals surface area contributed by atoms with Gasteiger partial charge in [0.05, 0.1) is 18.2 Å². The highest BCUT2D eigenvalue weighted by Gasteiger charge is 2.30. The Bertz CT molecular complexity index is 1610. The highest BCUT2D eigenvalue weighted by molar-refractivity contribution is 7.80. The normalized spacial score (nSPS) is 13.4. The van der Waals surface area contributed by atoms with Crippen molar-refractivity contribution in [2.24, 2.45) is 12.0 Å². The molecule has 35 heavy (non-hydrogen) atoms. The molecule has 0 spiro atoms. The number of hydrogen-bond donors (Lipinski definition) is 0. The lowest BCUT2D eigenvalue weighted by molar-refractivity contribution is -0.644. The van der Waals surface area contributed by atoms with Gasteiger partial charge < -0.3 is 4.55 Å². The second-order valence-electron chi connectivity index (χ2n) is 7.76. The van der Waals surface area contributed by atoms with Gasteiger partial charge in [-0.1, -0.05) is 24.3 Å². The molecule has 5 rings (SSSR count). The number of para-hydroxylation sites is 1. The maximum Gasteiger partial charge on any atom is 0.261 e. The van der Waals surface area contributed by atoms with Gasteiger partial charge in [0.25, 0.3) is 11.8 Å². The zero-order valence-corrected chi connectivity index (χ0v) is 19.9. The van der Waals surface area contributed by atoms with Gasteiger partial charge in [0.2, 0.25) is 15.9 Å². The largest absolute Gasteiger partial charge is 0.726 e. The number of fused-ring (bicyclic) bond motifs is 1. The molecule has 2 heterocycles. The number of carbonyl (C=O) groups excluding carboxylic acids is 2. The van der Waals surface area contributed by atoms with Gasteiger partial charge in [-0.15, -0.1) is 0 Å². The van der Waals surface area contributed by atoms with Crippen LogP contribution in [0.4, 0.5) is 5.69 Å². The number of aromatic nitrogens is 1. The Kier molecular flexibility index (Phi) is 6.44. The van der Waals surface area contributed by atoms with Gasteiger partial charge in [-0.2, -0.15) is 0 Å². The molecule has 4 aromatic rings. The van der Waals surface area contributed by atoms with Crippen LogP contribution in [0.1, 0.15) is 26.3 Å². The molecule has 0 radical (unpaired) electrons. The van der Waals surface area contributed by atoms with Crippen molar-refractivity contribution in [3.05, 3.63) is 83.6 Å². The van der Waals surface area contributed by atoms with Crippen LogP contribution in [-0.2, 0) is 21.6 Å². The third-order valence-electron chi connectivity index (χ3n) is 5.71. The lowest BCUT2D eigenvalue weighted by Gasteiger charge is -2.24. The monoisotopic (exact) mass is 491 g/mol. The highest BCUT2D eigenvalue weighted by atomic mass is 32.3. The minimum Gasteiger partial charge on any atom is -0.726 e. The lowest BCUT2D eigenvalue weighted by atomic mass is 9.93. The average molecular weight is 492 g/mol.